The van der Waals surface area contributed by atoms with E-state index < -0.39 is 0 Å². The van der Waals surface area contributed by atoms with Crippen LogP contribution in [0.3, 0.4) is 0 Å². The Morgan fingerprint density at radius 1 is 1.33 bits per heavy atom. The third-order valence-corrected chi connectivity index (χ3v) is 3.10. The van der Waals surface area contributed by atoms with Crippen molar-refractivity contribution in [2.75, 3.05) is 12.3 Å². The first-order valence-corrected chi connectivity index (χ1v) is 6.68. The topological polar surface area (TPSA) is 57.4 Å². The lowest BCUT2D eigenvalue weighted by Crippen LogP contribution is -2.05. The standard InChI is InChI=1S/C13H16N2O2S/c1-3-16-11-6-4-5-7-12(11)17-9(2)10-8-18-13(14)15-10/h4-9H,3H2,1-2H3,(H2,14,15). The molecule has 1 aromatic carbocycles. The predicted octanol–water partition coefficient (Wildman–Crippen LogP) is 3.26. The van der Waals surface area contributed by atoms with Crippen LogP contribution in [-0.2, 0) is 0 Å². The molecule has 1 unspecified atom stereocenters. The fourth-order valence-corrected chi connectivity index (χ4v) is 2.20. The summed E-state index contributed by atoms with van der Waals surface area (Å²) in [6, 6.07) is 7.61. The van der Waals surface area contributed by atoms with E-state index in [1.807, 2.05) is 43.5 Å². The number of rotatable bonds is 5. The summed E-state index contributed by atoms with van der Waals surface area (Å²) >= 11 is 1.41. The Morgan fingerprint density at radius 3 is 2.67 bits per heavy atom. The average Bonchev–Trinajstić information content (AvgIpc) is 2.79. The van der Waals surface area contributed by atoms with Crippen LogP contribution >= 0.6 is 11.3 Å². The molecule has 18 heavy (non-hydrogen) atoms. The van der Waals surface area contributed by atoms with E-state index in [1.165, 1.54) is 11.3 Å². The fourth-order valence-electron chi connectivity index (χ4n) is 1.56. The van der Waals surface area contributed by atoms with Crippen LogP contribution in [0.4, 0.5) is 5.13 Å². The largest absolute Gasteiger partial charge is 0.490 e. The molecule has 0 radical (unpaired) electrons. The van der Waals surface area contributed by atoms with Crippen molar-refractivity contribution in [1.29, 1.82) is 0 Å². The highest BCUT2D eigenvalue weighted by molar-refractivity contribution is 7.13. The molecule has 0 saturated carbocycles. The Balaban J connectivity index is 2.13. The van der Waals surface area contributed by atoms with Crippen molar-refractivity contribution in [3.05, 3.63) is 35.3 Å². The lowest BCUT2D eigenvalue weighted by Gasteiger charge is -2.15. The molecular weight excluding hydrogens is 248 g/mol. The second-order valence-electron chi connectivity index (χ2n) is 3.75. The normalized spacial score (nSPS) is 12.1. The van der Waals surface area contributed by atoms with Crippen LogP contribution < -0.4 is 15.2 Å². The van der Waals surface area contributed by atoms with Gasteiger partial charge < -0.3 is 15.2 Å². The zero-order valence-corrected chi connectivity index (χ0v) is 11.2. The number of anilines is 1. The smallest absolute Gasteiger partial charge is 0.180 e. The third kappa shape index (κ3) is 2.92. The van der Waals surface area contributed by atoms with Crippen molar-refractivity contribution in [1.82, 2.24) is 4.98 Å². The molecule has 0 amide bonds. The molecule has 0 saturated heterocycles. The Hall–Kier alpha value is -1.75. The molecule has 0 bridgehead atoms. The first-order valence-electron chi connectivity index (χ1n) is 5.80. The number of thiazole rings is 1. The van der Waals surface area contributed by atoms with Crippen molar-refractivity contribution in [3.63, 3.8) is 0 Å². The highest BCUT2D eigenvalue weighted by Gasteiger charge is 2.13. The van der Waals surface area contributed by atoms with Gasteiger partial charge in [-0.1, -0.05) is 12.1 Å². The van der Waals surface area contributed by atoms with Gasteiger partial charge in [0.15, 0.2) is 16.6 Å². The van der Waals surface area contributed by atoms with Gasteiger partial charge in [-0.25, -0.2) is 4.98 Å². The van der Waals surface area contributed by atoms with Crippen LogP contribution in [0.5, 0.6) is 11.5 Å². The van der Waals surface area contributed by atoms with E-state index in [9.17, 15) is 0 Å². The van der Waals surface area contributed by atoms with Crippen molar-refractivity contribution < 1.29 is 9.47 Å². The minimum atomic E-state index is -0.153. The monoisotopic (exact) mass is 264 g/mol. The van der Waals surface area contributed by atoms with Crippen LogP contribution in [-0.4, -0.2) is 11.6 Å². The summed E-state index contributed by atoms with van der Waals surface area (Å²) in [7, 11) is 0. The van der Waals surface area contributed by atoms with E-state index in [0.717, 1.165) is 17.2 Å². The summed E-state index contributed by atoms with van der Waals surface area (Å²) in [5.74, 6) is 1.47. The van der Waals surface area contributed by atoms with Gasteiger partial charge in [0.25, 0.3) is 0 Å². The van der Waals surface area contributed by atoms with Crippen molar-refractivity contribution in [2.24, 2.45) is 0 Å². The number of para-hydroxylation sites is 2. The van der Waals surface area contributed by atoms with Crippen LogP contribution in [0.2, 0.25) is 0 Å². The molecule has 2 N–H and O–H groups in total. The molecule has 5 heteroatoms. The maximum Gasteiger partial charge on any atom is 0.180 e. The Bertz CT molecular complexity index is 513. The summed E-state index contributed by atoms with van der Waals surface area (Å²) in [6.07, 6.45) is -0.153. The van der Waals surface area contributed by atoms with Crippen LogP contribution in [0, 0.1) is 0 Å². The number of hydrogen-bond donors (Lipinski definition) is 1. The molecule has 0 aliphatic heterocycles. The molecular formula is C13H16N2O2S. The molecule has 96 valence electrons. The van der Waals surface area contributed by atoms with Gasteiger partial charge in [0.2, 0.25) is 0 Å². The molecule has 0 aliphatic carbocycles. The second kappa shape index (κ2) is 5.73. The average molecular weight is 264 g/mol. The van der Waals surface area contributed by atoms with Crippen LogP contribution in [0.25, 0.3) is 0 Å². The molecule has 2 aromatic rings. The minimum absolute atomic E-state index is 0.153. The number of nitrogens with two attached hydrogens (primary N) is 1. The number of aromatic nitrogens is 1. The van der Waals surface area contributed by atoms with Gasteiger partial charge in [-0.05, 0) is 26.0 Å². The van der Waals surface area contributed by atoms with E-state index in [1.54, 1.807) is 0 Å². The molecule has 1 aromatic heterocycles. The molecule has 0 spiro atoms. The summed E-state index contributed by atoms with van der Waals surface area (Å²) in [5, 5.41) is 2.46. The summed E-state index contributed by atoms with van der Waals surface area (Å²) in [4.78, 5) is 4.21. The first kappa shape index (κ1) is 12.7. The van der Waals surface area contributed by atoms with Gasteiger partial charge in [0, 0.05) is 5.38 Å². The maximum absolute atomic E-state index is 5.86. The predicted molar refractivity (Wildman–Crippen MR) is 73.2 cm³/mol. The van der Waals surface area contributed by atoms with Crippen LogP contribution in [0.1, 0.15) is 25.6 Å². The van der Waals surface area contributed by atoms with Gasteiger partial charge in [0.05, 0.1) is 12.3 Å². The second-order valence-corrected chi connectivity index (χ2v) is 4.64. The zero-order chi connectivity index (χ0) is 13.0. The molecule has 1 heterocycles. The Labute approximate surface area is 110 Å². The Morgan fingerprint density at radius 2 is 2.06 bits per heavy atom. The minimum Gasteiger partial charge on any atom is -0.490 e. The number of hydrogen-bond acceptors (Lipinski definition) is 5. The molecule has 1 atom stereocenters. The molecule has 0 fully saturated rings. The SMILES string of the molecule is CCOc1ccccc1OC(C)c1csc(N)n1. The first-order chi connectivity index (χ1) is 8.70. The fraction of sp³-hybridized carbons (Fsp3) is 0.308. The van der Waals surface area contributed by atoms with Crippen molar-refractivity contribution >= 4 is 16.5 Å². The lowest BCUT2D eigenvalue weighted by molar-refractivity contribution is 0.207. The van der Waals surface area contributed by atoms with Gasteiger partial charge in [0.1, 0.15) is 6.10 Å². The summed E-state index contributed by atoms with van der Waals surface area (Å²) in [6.45, 7) is 4.50. The number of nitrogen functional groups attached to an aromatic ring is 1. The van der Waals surface area contributed by atoms with E-state index in [-0.39, 0.29) is 6.10 Å². The maximum atomic E-state index is 5.86. The number of ether oxygens (including phenoxy) is 2. The Kier molecular flexibility index (Phi) is 4.04. The van der Waals surface area contributed by atoms with Crippen molar-refractivity contribution in [3.8, 4) is 11.5 Å². The van der Waals surface area contributed by atoms with Crippen molar-refractivity contribution in [2.45, 2.75) is 20.0 Å². The number of benzene rings is 1. The molecule has 2 rings (SSSR count). The number of nitrogens with zero attached hydrogens (tertiary/aromatic N) is 1. The van der Waals surface area contributed by atoms with Gasteiger partial charge >= 0.3 is 0 Å². The highest BCUT2D eigenvalue weighted by atomic mass is 32.1. The summed E-state index contributed by atoms with van der Waals surface area (Å²) < 4.78 is 11.4. The van der Waals surface area contributed by atoms with Gasteiger partial charge in [-0.15, -0.1) is 11.3 Å². The summed E-state index contributed by atoms with van der Waals surface area (Å²) in [5.41, 5.74) is 6.45. The quantitative estimate of drug-likeness (QED) is 0.900. The van der Waals surface area contributed by atoms with E-state index in [4.69, 9.17) is 15.2 Å². The van der Waals surface area contributed by atoms with Gasteiger partial charge in [-0.2, -0.15) is 0 Å². The third-order valence-electron chi connectivity index (χ3n) is 2.41. The van der Waals surface area contributed by atoms with E-state index >= 15 is 0 Å². The highest BCUT2D eigenvalue weighted by Crippen LogP contribution is 2.31. The van der Waals surface area contributed by atoms with Crippen LogP contribution in [0.15, 0.2) is 29.6 Å². The molecule has 0 aliphatic rings. The van der Waals surface area contributed by atoms with E-state index in [2.05, 4.69) is 4.98 Å². The lowest BCUT2D eigenvalue weighted by atomic mass is 10.3. The zero-order valence-electron chi connectivity index (χ0n) is 10.4. The molecule has 4 nitrogen and oxygen atoms in total. The van der Waals surface area contributed by atoms with Gasteiger partial charge in [-0.3, -0.25) is 0 Å². The van der Waals surface area contributed by atoms with E-state index in [0.29, 0.717) is 11.7 Å².